The van der Waals surface area contributed by atoms with Gasteiger partial charge in [-0.25, -0.2) is 4.98 Å². The Balaban J connectivity index is 1.54. The Bertz CT molecular complexity index is 951. The van der Waals surface area contributed by atoms with E-state index in [0.29, 0.717) is 18.7 Å². The van der Waals surface area contributed by atoms with Crippen molar-refractivity contribution in [1.29, 1.82) is 0 Å². The standard InChI is InChI=1S/C21H21N3O2S/c1-14-7-6-8-16(13-14)21-23-15(2)18(27-21)11-12-22-19(25)20(26)24-17-9-4-3-5-10-17/h3-10,13H,11-12H2,1-2H3,(H,22,25)(H,24,26). The molecule has 1 heterocycles. The fourth-order valence-electron chi connectivity index (χ4n) is 2.64. The normalized spacial score (nSPS) is 10.4. The van der Waals surface area contributed by atoms with Crippen molar-refractivity contribution in [2.24, 2.45) is 0 Å². The van der Waals surface area contributed by atoms with Crippen molar-refractivity contribution < 1.29 is 9.59 Å². The molecule has 0 saturated carbocycles. The van der Waals surface area contributed by atoms with Gasteiger partial charge in [-0.15, -0.1) is 11.3 Å². The number of aromatic nitrogens is 1. The molecule has 0 atom stereocenters. The minimum Gasteiger partial charge on any atom is -0.347 e. The third-order valence-electron chi connectivity index (χ3n) is 4.03. The number of amides is 2. The molecule has 0 bridgehead atoms. The van der Waals surface area contributed by atoms with Crippen LogP contribution in [0.15, 0.2) is 54.6 Å². The van der Waals surface area contributed by atoms with Crippen molar-refractivity contribution in [3.8, 4) is 10.6 Å². The minimum absolute atomic E-state index is 0.386. The van der Waals surface area contributed by atoms with Crippen LogP contribution in [0.3, 0.4) is 0 Å². The van der Waals surface area contributed by atoms with Gasteiger partial charge in [0, 0.05) is 29.1 Å². The molecule has 2 N–H and O–H groups in total. The molecular weight excluding hydrogens is 358 g/mol. The highest BCUT2D eigenvalue weighted by molar-refractivity contribution is 7.15. The fourth-order valence-corrected chi connectivity index (χ4v) is 3.70. The first-order valence-corrected chi connectivity index (χ1v) is 9.52. The monoisotopic (exact) mass is 379 g/mol. The lowest BCUT2D eigenvalue weighted by molar-refractivity contribution is -0.136. The summed E-state index contributed by atoms with van der Waals surface area (Å²) in [4.78, 5) is 29.6. The Morgan fingerprint density at radius 3 is 2.52 bits per heavy atom. The van der Waals surface area contributed by atoms with Crippen LogP contribution >= 0.6 is 11.3 Å². The summed E-state index contributed by atoms with van der Waals surface area (Å²) in [6.07, 6.45) is 0.639. The Hall–Kier alpha value is -2.99. The summed E-state index contributed by atoms with van der Waals surface area (Å²) < 4.78 is 0. The zero-order chi connectivity index (χ0) is 19.2. The minimum atomic E-state index is -0.664. The smallest absolute Gasteiger partial charge is 0.313 e. The molecule has 3 aromatic rings. The molecule has 2 amide bonds. The average molecular weight is 379 g/mol. The van der Waals surface area contributed by atoms with Crippen molar-refractivity contribution in [1.82, 2.24) is 10.3 Å². The van der Waals surface area contributed by atoms with Crippen LogP contribution in [0, 0.1) is 13.8 Å². The Labute approximate surface area is 162 Å². The summed E-state index contributed by atoms with van der Waals surface area (Å²) in [6.45, 7) is 4.41. The van der Waals surface area contributed by atoms with Crippen molar-refractivity contribution in [3.63, 3.8) is 0 Å². The van der Waals surface area contributed by atoms with E-state index >= 15 is 0 Å². The first kappa shape index (κ1) is 18.8. The Kier molecular flexibility index (Phi) is 5.98. The van der Waals surface area contributed by atoms with E-state index in [1.54, 1.807) is 35.6 Å². The summed E-state index contributed by atoms with van der Waals surface area (Å²) >= 11 is 1.62. The maximum Gasteiger partial charge on any atom is 0.313 e. The van der Waals surface area contributed by atoms with Gasteiger partial charge in [-0.3, -0.25) is 9.59 Å². The summed E-state index contributed by atoms with van der Waals surface area (Å²) in [5, 5.41) is 6.21. The van der Waals surface area contributed by atoms with Crippen LogP contribution in [0.4, 0.5) is 5.69 Å². The number of anilines is 1. The number of carbonyl (C=O) groups excluding carboxylic acids is 2. The second-order valence-corrected chi connectivity index (χ2v) is 7.31. The van der Waals surface area contributed by atoms with E-state index in [1.165, 1.54) is 5.56 Å². The van der Waals surface area contributed by atoms with Gasteiger partial charge in [0.1, 0.15) is 5.01 Å². The Morgan fingerprint density at radius 1 is 1.00 bits per heavy atom. The number of para-hydroxylation sites is 1. The molecule has 0 aliphatic carbocycles. The fraction of sp³-hybridized carbons (Fsp3) is 0.190. The van der Waals surface area contributed by atoms with Gasteiger partial charge in [-0.1, -0.05) is 42.0 Å². The first-order valence-electron chi connectivity index (χ1n) is 8.70. The van der Waals surface area contributed by atoms with Crippen molar-refractivity contribution >= 4 is 28.8 Å². The van der Waals surface area contributed by atoms with Gasteiger partial charge in [-0.2, -0.15) is 0 Å². The molecule has 0 spiro atoms. The van der Waals surface area contributed by atoms with Crippen LogP contribution in [0.5, 0.6) is 0 Å². The van der Waals surface area contributed by atoms with Gasteiger partial charge in [-0.05, 0) is 32.0 Å². The van der Waals surface area contributed by atoms with Crippen LogP contribution in [0.25, 0.3) is 10.6 Å². The summed E-state index contributed by atoms with van der Waals surface area (Å²) in [7, 11) is 0. The first-order chi connectivity index (χ1) is 13.0. The van der Waals surface area contributed by atoms with E-state index in [1.807, 2.05) is 25.1 Å². The molecule has 0 aliphatic rings. The number of hydrogen-bond acceptors (Lipinski definition) is 4. The molecule has 0 radical (unpaired) electrons. The second kappa shape index (κ2) is 8.60. The lowest BCUT2D eigenvalue weighted by Gasteiger charge is -2.06. The van der Waals surface area contributed by atoms with Crippen LogP contribution < -0.4 is 10.6 Å². The molecule has 27 heavy (non-hydrogen) atoms. The largest absolute Gasteiger partial charge is 0.347 e. The van der Waals surface area contributed by atoms with E-state index in [9.17, 15) is 9.59 Å². The molecule has 5 nitrogen and oxygen atoms in total. The average Bonchev–Trinajstić information content (AvgIpc) is 3.03. The van der Waals surface area contributed by atoms with Crippen molar-refractivity contribution in [2.75, 3.05) is 11.9 Å². The van der Waals surface area contributed by atoms with Crippen molar-refractivity contribution in [3.05, 3.63) is 70.7 Å². The second-order valence-electron chi connectivity index (χ2n) is 6.22. The highest BCUT2D eigenvalue weighted by Crippen LogP contribution is 2.28. The van der Waals surface area contributed by atoms with E-state index in [0.717, 1.165) is 21.1 Å². The molecule has 2 aromatic carbocycles. The molecule has 1 aromatic heterocycles. The molecule has 0 saturated heterocycles. The van der Waals surface area contributed by atoms with Crippen LogP contribution in [0.1, 0.15) is 16.1 Å². The number of nitrogens with zero attached hydrogens (tertiary/aromatic N) is 1. The van der Waals surface area contributed by atoms with Gasteiger partial charge >= 0.3 is 11.8 Å². The lowest BCUT2D eigenvalue weighted by Crippen LogP contribution is -2.36. The molecule has 0 unspecified atom stereocenters. The molecule has 3 rings (SSSR count). The topological polar surface area (TPSA) is 71.1 Å². The molecule has 138 valence electrons. The summed E-state index contributed by atoms with van der Waals surface area (Å²) in [6, 6.07) is 17.1. The summed E-state index contributed by atoms with van der Waals surface area (Å²) in [5.74, 6) is -1.30. The number of nitrogens with one attached hydrogen (secondary N) is 2. The predicted octanol–water partition coefficient (Wildman–Crippen LogP) is 3.72. The van der Waals surface area contributed by atoms with Crippen LogP contribution in [-0.2, 0) is 16.0 Å². The van der Waals surface area contributed by atoms with E-state index < -0.39 is 11.8 Å². The van der Waals surface area contributed by atoms with Gasteiger partial charge in [0.25, 0.3) is 0 Å². The number of hydrogen-bond donors (Lipinski definition) is 2. The number of benzene rings is 2. The third-order valence-corrected chi connectivity index (χ3v) is 5.30. The summed E-state index contributed by atoms with van der Waals surface area (Å²) in [5.41, 5.74) is 3.84. The third kappa shape index (κ3) is 5.01. The highest BCUT2D eigenvalue weighted by atomic mass is 32.1. The van der Waals surface area contributed by atoms with E-state index in [2.05, 4.69) is 34.7 Å². The number of aryl methyl sites for hydroxylation is 2. The molecule has 0 fully saturated rings. The predicted molar refractivity (Wildman–Crippen MR) is 109 cm³/mol. The van der Waals surface area contributed by atoms with E-state index in [-0.39, 0.29) is 0 Å². The quantitative estimate of drug-likeness (QED) is 0.664. The zero-order valence-corrected chi connectivity index (χ0v) is 16.1. The maximum atomic E-state index is 12.0. The SMILES string of the molecule is Cc1cccc(-c2nc(C)c(CCNC(=O)C(=O)Nc3ccccc3)s2)c1. The van der Waals surface area contributed by atoms with Crippen LogP contribution in [0.2, 0.25) is 0 Å². The van der Waals surface area contributed by atoms with Gasteiger partial charge in [0.2, 0.25) is 0 Å². The number of rotatable bonds is 5. The van der Waals surface area contributed by atoms with Crippen molar-refractivity contribution in [2.45, 2.75) is 20.3 Å². The Morgan fingerprint density at radius 2 is 1.78 bits per heavy atom. The van der Waals surface area contributed by atoms with E-state index in [4.69, 9.17) is 0 Å². The van der Waals surface area contributed by atoms with Gasteiger partial charge in [0.15, 0.2) is 0 Å². The maximum absolute atomic E-state index is 12.0. The number of thiazole rings is 1. The molecule has 0 aliphatic heterocycles. The zero-order valence-electron chi connectivity index (χ0n) is 15.3. The lowest BCUT2D eigenvalue weighted by atomic mass is 10.1. The highest BCUT2D eigenvalue weighted by Gasteiger charge is 2.14. The number of carbonyl (C=O) groups is 2. The molecule has 6 heteroatoms. The molecular formula is C21H21N3O2S. The van der Waals surface area contributed by atoms with Crippen LogP contribution in [-0.4, -0.2) is 23.3 Å². The van der Waals surface area contributed by atoms with Gasteiger partial charge < -0.3 is 10.6 Å². The van der Waals surface area contributed by atoms with Gasteiger partial charge in [0.05, 0.1) is 5.69 Å².